The van der Waals surface area contributed by atoms with Crippen LogP contribution in [0.1, 0.15) is 27.7 Å². The molecule has 0 bridgehead atoms. The third-order valence-electron chi connectivity index (χ3n) is 2.31. The van der Waals surface area contributed by atoms with Crippen molar-refractivity contribution in [3.05, 3.63) is 0 Å². The normalized spacial score (nSPS) is 26.7. The molecule has 2 atom stereocenters. The average molecular weight is 294 g/mol. The Morgan fingerprint density at radius 2 is 2.19 bits per heavy atom. The lowest BCUT2D eigenvalue weighted by Crippen LogP contribution is -2.52. The fraction of sp³-hybridized carbons (Fsp3) is 0.909. The number of rotatable bonds is 1. The monoisotopic (exact) mass is 293 g/mol. The van der Waals surface area contributed by atoms with E-state index >= 15 is 0 Å². The van der Waals surface area contributed by atoms with E-state index in [1.54, 1.807) is 4.90 Å². The smallest absolute Gasteiger partial charge is 0.410 e. The molecular weight excluding hydrogens is 274 g/mol. The van der Waals surface area contributed by atoms with E-state index in [0.717, 1.165) is 5.33 Å². The quantitative estimate of drug-likeness (QED) is 0.697. The highest BCUT2D eigenvalue weighted by Gasteiger charge is 2.32. The molecule has 1 heterocycles. The molecule has 0 radical (unpaired) electrons. The van der Waals surface area contributed by atoms with Gasteiger partial charge in [-0.3, -0.25) is 0 Å². The van der Waals surface area contributed by atoms with Crippen molar-refractivity contribution in [2.45, 2.75) is 45.4 Å². The summed E-state index contributed by atoms with van der Waals surface area (Å²) in [5.41, 5.74) is -0.445. The van der Waals surface area contributed by atoms with Crippen LogP contribution in [0.25, 0.3) is 0 Å². The van der Waals surface area contributed by atoms with Crippen molar-refractivity contribution in [1.29, 1.82) is 0 Å². The lowest BCUT2D eigenvalue weighted by molar-refractivity contribution is -0.0567. The number of carbonyl (C=O) groups is 1. The third-order valence-corrected chi connectivity index (χ3v) is 3.03. The molecule has 1 fully saturated rings. The minimum Gasteiger partial charge on any atom is -0.444 e. The van der Waals surface area contributed by atoms with E-state index in [4.69, 9.17) is 9.47 Å². The first kappa shape index (κ1) is 13.8. The summed E-state index contributed by atoms with van der Waals surface area (Å²) in [6, 6.07) is 0.0742. The van der Waals surface area contributed by atoms with Gasteiger partial charge in [0.25, 0.3) is 0 Å². The summed E-state index contributed by atoms with van der Waals surface area (Å²) in [6.45, 7) is 8.74. The molecule has 4 nitrogen and oxygen atoms in total. The fourth-order valence-corrected chi connectivity index (χ4v) is 1.88. The zero-order valence-corrected chi connectivity index (χ0v) is 11.9. The summed E-state index contributed by atoms with van der Waals surface area (Å²) in [7, 11) is 0. The van der Waals surface area contributed by atoms with Crippen LogP contribution in [0.5, 0.6) is 0 Å². The van der Waals surface area contributed by atoms with Crippen LogP contribution in [-0.2, 0) is 9.47 Å². The van der Waals surface area contributed by atoms with Gasteiger partial charge in [-0.05, 0) is 27.7 Å². The number of hydrogen-bond donors (Lipinski definition) is 0. The molecule has 1 saturated heterocycles. The van der Waals surface area contributed by atoms with Crippen LogP contribution >= 0.6 is 15.9 Å². The van der Waals surface area contributed by atoms with E-state index in [0.29, 0.717) is 13.2 Å². The van der Waals surface area contributed by atoms with Gasteiger partial charge in [0.2, 0.25) is 0 Å². The van der Waals surface area contributed by atoms with E-state index in [2.05, 4.69) is 15.9 Å². The molecule has 0 spiro atoms. The van der Waals surface area contributed by atoms with Gasteiger partial charge in [0.05, 0.1) is 25.3 Å². The highest BCUT2D eigenvalue weighted by Crippen LogP contribution is 2.17. The summed E-state index contributed by atoms with van der Waals surface area (Å²) in [6.07, 6.45) is -0.196. The van der Waals surface area contributed by atoms with Gasteiger partial charge in [0.1, 0.15) is 5.60 Å². The van der Waals surface area contributed by atoms with Gasteiger partial charge < -0.3 is 14.4 Å². The summed E-state index contributed by atoms with van der Waals surface area (Å²) < 4.78 is 10.9. The Morgan fingerprint density at radius 3 is 2.69 bits per heavy atom. The first-order valence-electron chi connectivity index (χ1n) is 5.50. The Morgan fingerprint density at radius 1 is 1.56 bits per heavy atom. The SMILES string of the molecule is C[C@H]1COC(CBr)CN1C(=O)OC(C)(C)C. The van der Waals surface area contributed by atoms with Crippen molar-refractivity contribution in [3.8, 4) is 0 Å². The summed E-state index contributed by atoms with van der Waals surface area (Å²) in [5.74, 6) is 0. The van der Waals surface area contributed by atoms with Gasteiger partial charge in [-0.1, -0.05) is 15.9 Å². The lowest BCUT2D eigenvalue weighted by Gasteiger charge is -2.38. The van der Waals surface area contributed by atoms with Crippen LogP contribution in [0, 0.1) is 0 Å². The second kappa shape index (κ2) is 5.36. The topological polar surface area (TPSA) is 38.8 Å². The van der Waals surface area contributed by atoms with Crippen LogP contribution in [0.4, 0.5) is 4.79 Å². The van der Waals surface area contributed by atoms with Crippen LogP contribution in [0.2, 0.25) is 0 Å². The minimum absolute atomic E-state index is 0.0590. The number of ether oxygens (including phenoxy) is 2. The van der Waals surface area contributed by atoms with Crippen LogP contribution in [0.15, 0.2) is 0 Å². The predicted molar refractivity (Wildman–Crippen MR) is 65.9 cm³/mol. The zero-order valence-electron chi connectivity index (χ0n) is 10.3. The molecule has 1 aliphatic rings. The summed E-state index contributed by atoms with van der Waals surface area (Å²) in [4.78, 5) is 13.7. The van der Waals surface area contributed by atoms with Gasteiger partial charge in [0, 0.05) is 5.33 Å². The Hall–Kier alpha value is -0.290. The van der Waals surface area contributed by atoms with Crippen molar-refractivity contribution in [2.24, 2.45) is 0 Å². The van der Waals surface area contributed by atoms with Crippen LogP contribution in [0.3, 0.4) is 0 Å². The number of nitrogens with zero attached hydrogens (tertiary/aromatic N) is 1. The maximum Gasteiger partial charge on any atom is 0.410 e. The van der Waals surface area contributed by atoms with E-state index < -0.39 is 5.60 Å². The first-order valence-corrected chi connectivity index (χ1v) is 6.63. The molecule has 0 aromatic heterocycles. The van der Waals surface area contributed by atoms with Crippen molar-refractivity contribution in [3.63, 3.8) is 0 Å². The molecule has 1 aliphatic heterocycles. The van der Waals surface area contributed by atoms with Gasteiger partial charge in [-0.15, -0.1) is 0 Å². The number of morpholine rings is 1. The molecule has 1 amide bonds. The van der Waals surface area contributed by atoms with Crippen molar-refractivity contribution < 1.29 is 14.3 Å². The average Bonchev–Trinajstić information content (AvgIpc) is 2.15. The lowest BCUT2D eigenvalue weighted by atomic mass is 10.2. The highest BCUT2D eigenvalue weighted by atomic mass is 79.9. The molecule has 0 saturated carbocycles. The predicted octanol–water partition coefficient (Wildman–Crippen LogP) is 2.41. The Kier molecular flexibility index (Phi) is 4.62. The number of alkyl halides is 1. The molecule has 0 aromatic carbocycles. The molecule has 0 N–H and O–H groups in total. The number of halogens is 1. The highest BCUT2D eigenvalue weighted by molar-refractivity contribution is 9.09. The largest absolute Gasteiger partial charge is 0.444 e. The van der Waals surface area contributed by atoms with Crippen molar-refractivity contribution >= 4 is 22.0 Å². The van der Waals surface area contributed by atoms with Gasteiger partial charge in [-0.2, -0.15) is 0 Å². The van der Waals surface area contributed by atoms with E-state index in [1.165, 1.54) is 0 Å². The van der Waals surface area contributed by atoms with Crippen LogP contribution in [-0.4, -0.2) is 47.2 Å². The van der Waals surface area contributed by atoms with Crippen LogP contribution < -0.4 is 0 Å². The van der Waals surface area contributed by atoms with Crippen molar-refractivity contribution in [1.82, 2.24) is 4.90 Å². The Labute approximate surface area is 105 Å². The minimum atomic E-state index is -0.445. The van der Waals surface area contributed by atoms with Crippen molar-refractivity contribution in [2.75, 3.05) is 18.5 Å². The molecule has 0 aliphatic carbocycles. The third kappa shape index (κ3) is 3.94. The van der Waals surface area contributed by atoms with E-state index in [9.17, 15) is 4.79 Å². The van der Waals surface area contributed by atoms with Gasteiger partial charge >= 0.3 is 6.09 Å². The summed E-state index contributed by atoms with van der Waals surface area (Å²) >= 11 is 3.37. The second-order valence-electron chi connectivity index (χ2n) is 5.09. The summed E-state index contributed by atoms with van der Waals surface area (Å²) in [5, 5.41) is 0.735. The van der Waals surface area contributed by atoms with Gasteiger partial charge in [-0.25, -0.2) is 4.79 Å². The van der Waals surface area contributed by atoms with E-state index in [-0.39, 0.29) is 18.2 Å². The number of hydrogen-bond acceptors (Lipinski definition) is 3. The second-order valence-corrected chi connectivity index (χ2v) is 5.74. The zero-order chi connectivity index (χ0) is 12.3. The van der Waals surface area contributed by atoms with E-state index in [1.807, 2.05) is 27.7 Å². The fourth-order valence-electron chi connectivity index (χ4n) is 1.49. The Balaban J connectivity index is 2.59. The maximum atomic E-state index is 11.9. The molecular formula is C11H20BrNO3. The molecule has 94 valence electrons. The molecule has 0 aromatic rings. The number of amides is 1. The molecule has 5 heteroatoms. The molecule has 1 rings (SSSR count). The Bertz CT molecular complexity index is 252. The molecule has 1 unspecified atom stereocenters. The maximum absolute atomic E-state index is 11.9. The first-order chi connectivity index (χ1) is 7.33. The molecule has 16 heavy (non-hydrogen) atoms. The number of carbonyl (C=O) groups excluding carboxylic acids is 1. The standard InChI is InChI=1S/C11H20BrNO3/c1-8-7-15-9(5-12)6-13(8)10(14)16-11(2,3)4/h8-9H,5-7H2,1-4H3/t8-,9?/m0/s1. The van der Waals surface area contributed by atoms with Gasteiger partial charge in [0.15, 0.2) is 0 Å².